The third-order valence-electron chi connectivity index (χ3n) is 0.857. The van der Waals surface area contributed by atoms with E-state index in [1.807, 2.05) is 0 Å². The van der Waals surface area contributed by atoms with Crippen molar-refractivity contribution in [1.82, 2.24) is 5.32 Å². The Hall–Kier alpha value is 0.144. The van der Waals surface area contributed by atoms with Crippen molar-refractivity contribution in [1.29, 1.82) is 0 Å². The Morgan fingerprint density at radius 1 is 1.78 bits per heavy atom. The molecule has 0 saturated heterocycles. The average Bonchev–Trinajstić information content (AvgIpc) is 1.64. The van der Waals surface area contributed by atoms with Crippen LogP contribution >= 0.6 is 0 Å². The van der Waals surface area contributed by atoms with E-state index < -0.39 is 0 Å². The van der Waals surface area contributed by atoms with Gasteiger partial charge in [-0.2, -0.15) is 0 Å². The molecule has 1 aliphatic heterocycles. The van der Waals surface area contributed by atoms with Crippen LogP contribution in [0.1, 0.15) is 0 Å². The smallest absolute Gasteiger partial charge is 0.0255 e. The molecule has 1 radical (unpaired) electrons. The van der Waals surface area contributed by atoms with E-state index in [1.54, 1.807) is 12.3 Å². The molecular formula is C5H8N3Y-. The molecule has 1 unspecified atom stereocenters. The average molecular weight is 199 g/mol. The number of nitrogens with one attached hydrogen (secondary N) is 1. The Balaban J connectivity index is 0.000000640. The normalized spacial score (nSPS) is 23.7. The number of nitrogens with zero attached hydrogens (tertiary/aromatic N) is 1. The molecule has 3 nitrogen and oxygen atoms in total. The second-order valence-electron chi connectivity index (χ2n) is 1.59. The van der Waals surface area contributed by atoms with Gasteiger partial charge in [-0.3, -0.25) is 0 Å². The summed E-state index contributed by atoms with van der Waals surface area (Å²) in [4.78, 5) is 0. The Bertz CT molecular complexity index is 132. The zero-order chi connectivity index (χ0) is 5.98. The molecule has 0 fully saturated rings. The van der Waals surface area contributed by atoms with E-state index >= 15 is 0 Å². The molecule has 0 bridgehead atoms. The van der Waals surface area contributed by atoms with Gasteiger partial charge in [0, 0.05) is 38.9 Å². The molecule has 0 spiro atoms. The number of nitrogens with two attached hydrogens (primary N) is 1. The minimum absolute atomic E-state index is 0. The van der Waals surface area contributed by atoms with Crippen molar-refractivity contribution in [2.45, 2.75) is 6.17 Å². The standard InChI is InChI=1S/C5H8N3.Y/c1-4-7-3-2-5(6)8-4;/h2-3,5,8H,1,6H2;/q-1;. The van der Waals surface area contributed by atoms with Crippen molar-refractivity contribution >= 4 is 0 Å². The molecule has 9 heavy (non-hydrogen) atoms. The first-order valence-corrected chi connectivity index (χ1v) is 2.37. The maximum Gasteiger partial charge on any atom is 0.0255 e. The molecule has 0 saturated carbocycles. The summed E-state index contributed by atoms with van der Waals surface area (Å²) in [6.07, 6.45) is 3.29. The molecule has 0 aromatic rings. The molecule has 3 N–H and O–H groups in total. The Kier molecular flexibility index (Phi) is 4.10. The van der Waals surface area contributed by atoms with E-state index in [0.717, 1.165) is 0 Å². The van der Waals surface area contributed by atoms with Crippen LogP contribution in [0.5, 0.6) is 0 Å². The van der Waals surface area contributed by atoms with Crippen molar-refractivity contribution < 1.29 is 32.7 Å². The summed E-state index contributed by atoms with van der Waals surface area (Å²) in [5, 5.41) is 6.62. The van der Waals surface area contributed by atoms with Crippen molar-refractivity contribution in [2.24, 2.45) is 5.73 Å². The first-order chi connectivity index (χ1) is 3.79. The van der Waals surface area contributed by atoms with Crippen molar-refractivity contribution in [3.63, 3.8) is 0 Å². The fraction of sp³-hybridized carbons (Fsp3) is 0.200. The molecular weight excluding hydrogens is 191 g/mol. The summed E-state index contributed by atoms with van der Waals surface area (Å²) < 4.78 is 0. The molecule has 1 aliphatic rings. The molecule has 47 valence electrons. The van der Waals surface area contributed by atoms with E-state index in [4.69, 9.17) is 5.73 Å². The summed E-state index contributed by atoms with van der Waals surface area (Å²) in [6, 6.07) is 0. The minimum Gasteiger partial charge on any atom is -0.465 e. The van der Waals surface area contributed by atoms with Gasteiger partial charge in [0.2, 0.25) is 0 Å². The molecule has 0 aliphatic carbocycles. The van der Waals surface area contributed by atoms with E-state index in [1.165, 1.54) is 0 Å². The molecule has 0 amide bonds. The summed E-state index contributed by atoms with van der Waals surface area (Å²) >= 11 is 0. The van der Waals surface area contributed by atoms with E-state index in [9.17, 15) is 0 Å². The first-order valence-electron chi connectivity index (χ1n) is 2.37. The summed E-state index contributed by atoms with van der Waals surface area (Å²) in [6.45, 7) is 3.56. The van der Waals surface area contributed by atoms with E-state index in [-0.39, 0.29) is 38.9 Å². The molecule has 4 heteroatoms. The maximum absolute atomic E-state index is 5.41. The second kappa shape index (κ2) is 4.04. The predicted octanol–water partition coefficient (Wildman–Crippen LogP) is 0.231. The molecule has 0 aromatic carbocycles. The third-order valence-corrected chi connectivity index (χ3v) is 0.857. The van der Waals surface area contributed by atoms with Crippen LogP contribution in [0.4, 0.5) is 0 Å². The number of hydrogen-bond donors (Lipinski definition) is 2. The summed E-state index contributed by atoms with van der Waals surface area (Å²) in [7, 11) is 0. The van der Waals surface area contributed by atoms with Crippen molar-refractivity contribution in [3.05, 3.63) is 30.0 Å². The van der Waals surface area contributed by atoms with Gasteiger partial charge in [0.05, 0.1) is 0 Å². The molecule has 0 aromatic heterocycles. The van der Waals surface area contributed by atoms with Crippen LogP contribution < -0.4 is 11.1 Å². The van der Waals surface area contributed by atoms with Crippen LogP contribution in [0.3, 0.4) is 0 Å². The summed E-state index contributed by atoms with van der Waals surface area (Å²) in [5.41, 5.74) is 5.41. The van der Waals surface area contributed by atoms with E-state index in [0.29, 0.717) is 5.82 Å². The Morgan fingerprint density at radius 2 is 2.44 bits per heavy atom. The number of rotatable bonds is 0. The van der Waals surface area contributed by atoms with Crippen LogP contribution in [-0.4, -0.2) is 6.17 Å². The summed E-state index contributed by atoms with van der Waals surface area (Å²) in [5.74, 6) is 0.625. The van der Waals surface area contributed by atoms with Gasteiger partial charge < -0.3 is 16.4 Å². The first kappa shape index (κ1) is 9.14. The maximum atomic E-state index is 5.41. The predicted molar refractivity (Wildman–Crippen MR) is 32.8 cm³/mol. The van der Waals surface area contributed by atoms with Gasteiger partial charge in [-0.15, -0.1) is 6.58 Å². The quantitative estimate of drug-likeness (QED) is 0.586. The minimum atomic E-state index is -0.111. The van der Waals surface area contributed by atoms with Crippen LogP contribution in [0.15, 0.2) is 24.7 Å². The van der Waals surface area contributed by atoms with Crippen LogP contribution in [0.2, 0.25) is 0 Å². The van der Waals surface area contributed by atoms with Gasteiger partial charge in [-0.25, -0.2) is 0 Å². The van der Waals surface area contributed by atoms with Gasteiger partial charge in [-0.05, 0) is 0 Å². The molecule has 1 atom stereocenters. The van der Waals surface area contributed by atoms with Crippen LogP contribution in [0, 0.1) is 0 Å². The fourth-order valence-electron chi connectivity index (χ4n) is 0.503. The second-order valence-corrected chi connectivity index (χ2v) is 1.59. The zero-order valence-electron chi connectivity index (χ0n) is 5.04. The third kappa shape index (κ3) is 2.99. The SMILES string of the molecule is C=C1[N-]C=CC(N)N1.[Y]. The largest absolute Gasteiger partial charge is 0.465 e. The van der Waals surface area contributed by atoms with Crippen molar-refractivity contribution in [2.75, 3.05) is 0 Å². The van der Waals surface area contributed by atoms with Crippen molar-refractivity contribution in [3.8, 4) is 0 Å². The van der Waals surface area contributed by atoms with Crippen LogP contribution in [-0.2, 0) is 32.7 Å². The van der Waals surface area contributed by atoms with Gasteiger partial charge in [0.15, 0.2) is 0 Å². The Labute approximate surface area is 79.6 Å². The molecule has 1 rings (SSSR count). The zero-order valence-corrected chi connectivity index (χ0v) is 7.88. The monoisotopic (exact) mass is 199 g/mol. The van der Waals surface area contributed by atoms with Gasteiger partial charge >= 0.3 is 0 Å². The molecule has 1 heterocycles. The Morgan fingerprint density at radius 3 is 2.78 bits per heavy atom. The van der Waals surface area contributed by atoms with Gasteiger partial charge in [-0.1, -0.05) is 18.1 Å². The van der Waals surface area contributed by atoms with Crippen LogP contribution in [0.25, 0.3) is 5.32 Å². The number of hydrogen-bond acceptors (Lipinski definition) is 2. The van der Waals surface area contributed by atoms with E-state index in [2.05, 4.69) is 17.2 Å². The fourth-order valence-corrected chi connectivity index (χ4v) is 0.503. The van der Waals surface area contributed by atoms with Gasteiger partial charge in [0.1, 0.15) is 0 Å². The van der Waals surface area contributed by atoms with Gasteiger partial charge in [0.25, 0.3) is 0 Å². The topological polar surface area (TPSA) is 52.2 Å².